The third-order valence-corrected chi connectivity index (χ3v) is 7.27. The van der Waals surface area contributed by atoms with Gasteiger partial charge in [-0.15, -0.1) is 0 Å². The minimum atomic E-state index is -3.63. The van der Waals surface area contributed by atoms with Crippen LogP contribution in [0.15, 0.2) is 35.5 Å². The van der Waals surface area contributed by atoms with Crippen LogP contribution in [0.3, 0.4) is 0 Å². The summed E-state index contributed by atoms with van der Waals surface area (Å²) in [5.41, 5.74) is 1.47. The number of hydrogen-bond acceptors (Lipinski definition) is 4. The van der Waals surface area contributed by atoms with E-state index >= 15 is 0 Å². The Labute approximate surface area is 165 Å². The first-order valence-electron chi connectivity index (χ1n) is 9.88. The van der Waals surface area contributed by atoms with Crippen LogP contribution in [-0.2, 0) is 16.6 Å². The van der Waals surface area contributed by atoms with Crippen molar-refractivity contribution < 1.29 is 13.2 Å². The fourth-order valence-corrected chi connectivity index (χ4v) is 5.39. The number of imidazole rings is 1. The lowest BCUT2D eigenvalue weighted by atomic mass is 10.2. The predicted octanol–water partition coefficient (Wildman–Crippen LogP) is 2.71. The Morgan fingerprint density at radius 2 is 2.07 bits per heavy atom. The van der Waals surface area contributed by atoms with Gasteiger partial charge in [0.1, 0.15) is 11.2 Å². The Bertz CT molecular complexity index is 995. The number of sulfonamides is 1. The standard InChI is InChI=1S/C20H26N4O3S/c1-3-6-14(2)22-20(25)19-17-12-23(11-15-9-10-15)28(26,27)18-8-5-4-7-16(18)24(17)13-21-19/h4-5,7-8,13-15H,3,6,9-12H2,1-2H3,(H,22,25). The van der Waals surface area contributed by atoms with Crippen LogP contribution in [0.25, 0.3) is 5.69 Å². The number of amides is 1. The Morgan fingerprint density at radius 1 is 1.32 bits per heavy atom. The van der Waals surface area contributed by atoms with E-state index in [0.29, 0.717) is 29.5 Å². The molecular formula is C20H26N4O3S. The monoisotopic (exact) mass is 402 g/mol. The summed E-state index contributed by atoms with van der Waals surface area (Å²) in [5, 5.41) is 2.98. The first-order chi connectivity index (χ1) is 13.4. The summed E-state index contributed by atoms with van der Waals surface area (Å²) in [7, 11) is -3.63. The molecule has 1 amide bonds. The molecule has 1 saturated carbocycles. The van der Waals surface area contributed by atoms with E-state index in [4.69, 9.17) is 0 Å². The van der Waals surface area contributed by atoms with Crippen molar-refractivity contribution in [3.8, 4) is 5.69 Å². The van der Waals surface area contributed by atoms with E-state index in [-0.39, 0.29) is 23.4 Å². The van der Waals surface area contributed by atoms with Gasteiger partial charge in [-0.3, -0.25) is 9.36 Å². The highest BCUT2D eigenvalue weighted by Gasteiger charge is 2.37. The molecule has 2 aromatic rings. The first-order valence-corrected chi connectivity index (χ1v) is 11.3. The second kappa shape index (κ2) is 7.33. The maximum absolute atomic E-state index is 13.3. The average molecular weight is 403 g/mol. The molecule has 1 aromatic carbocycles. The summed E-state index contributed by atoms with van der Waals surface area (Å²) >= 11 is 0. The molecule has 1 atom stereocenters. The van der Waals surface area contributed by atoms with Crippen LogP contribution in [0.1, 0.15) is 55.7 Å². The van der Waals surface area contributed by atoms with Crippen molar-refractivity contribution in [1.82, 2.24) is 19.2 Å². The molecule has 150 valence electrons. The van der Waals surface area contributed by atoms with Gasteiger partial charge < -0.3 is 5.32 Å². The van der Waals surface area contributed by atoms with Gasteiger partial charge in [-0.1, -0.05) is 25.5 Å². The van der Waals surface area contributed by atoms with Crippen molar-refractivity contribution in [2.24, 2.45) is 5.92 Å². The summed E-state index contributed by atoms with van der Waals surface area (Å²) in [6.45, 7) is 4.67. The largest absolute Gasteiger partial charge is 0.348 e. The Kier molecular flexibility index (Phi) is 5.01. The number of hydrogen-bond donors (Lipinski definition) is 1. The Morgan fingerprint density at radius 3 is 2.79 bits per heavy atom. The molecule has 2 heterocycles. The third kappa shape index (κ3) is 3.46. The molecule has 28 heavy (non-hydrogen) atoms. The molecule has 2 aliphatic rings. The molecule has 7 nitrogen and oxygen atoms in total. The lowest BCUT2D eigenvalue weighted by Crippen LogP contribution is -2.35. The number of benzene rings is 1. The van der Waals surface area contributed by atoms with Gasteiger partial charge >= 0.3 is 0 Å². The van der Waals surface area contributed by atoms with E-state index in [1.165, 1.54) is 4.31 Å². The van der Waals surface area contributed by atoms with E-state index in [2.05, 4.69) is 17.2 Å². The molecular weight excluding hydrogens is 376 g/mol. The van der Waals surface area contributed by atoms with E-state index in [1.54, 1.807) is 35.2 Å². The molecule has 1 unspecified atom stereocenters. The zero-order chi connectivity index (χ0) is 19.9. The second-order valence-corrected chi connectivity index (χ2v) is 9.69. The fourth-order valence-electron chi connectivity index (χ4n) is 3.74. The molecule has 8 heteroatoms. The van der Waals surface area contributed by atoms with E-state index in [0.717, 1.165) is 25.7 Å². The van der Waals surface area contributed by atoms with Gasteiger partial charge in [0.25, 0.3) is 5.91 Å². The number of carbonyl (C=O) groups excluding carboxylic acids is 1. The molecule has 1 N–H and O–H groups in total. The lowest BCUT2D eigenvalue weighted by molar-refractivity contribution is 0.0932. The SMILES string of the molecule is CCCC(C)NC(=O)c1ncn2c1CN(CC1CC1)S(=O)(=O)c1ccccc1-2. The van der Waals surface area contributed by atoms with Crippen molar-refractivity contribution in [3.63, 3.8) is 0 Å². The van der Waals surface area contributed by atoms with Crippen LogP contribution >= 0.6 is 0 Å². The van der Waals surface area contributed by atoms with E-state index < -0.39 is 10.0 Å². The third-order valence-electron chi connectivity index (χ3n) is 5.41. The van der Waals surface area contributed by atoms with Crippen molar-refractivity contribution >= 4 is 15.9 Å². The zero-order valence-corrected chi connectivity index (χ0v) is 17.1. The van der Waals surface area contributed by atoms with Crippen molar-refractivity contribution in [1.29, 1.82) is 0 Å². The number of nitrogens with one attached hydrogen (secondary N) is 1. The summed E-state index contributed by atoms with van der Waals surface area (Å²) in [5.74, 6) is 0.149. The maximum Gasteiger partial charge on any atom is 0.272 e. The van der Waals surface area contributed by atoms with E-state index in [9.17, 15) is 13.2 Å². The van der Waals surface area contributed by atoms with E-state index in [1.807, 2.05) is 6.92 Å². The molecule has 0 spiro atoms. The average Bonchev–Trinajstić information content (AvgIpc) is 3.39. The molecule has 0 saturated heterocycles. The number of rotatable bonds is 6. The van der Waals surface area contributed by atoms with Crippen LogP contribution in [0, 0.1) is 5.92 Å². The minimum absolute atomic E-state index is 0.0409. The molecule has 0 radical (unpaired) electrons. The van der Waals surface area contributed by atoms with Gasteiger partial charge in [-0.05, 0) is 44.2 Å². The summed E-state index contributed by atoms with van der Waals surface area (Å²) < 4.78 is 29.8. The van der Waals surface area contributed by atoms with Crippen molar-refractivity contribution in [2.45, 2.75) is 57.0 Å². The number of aromatic nitrogens is 2. The predicted molar refractivity (Wildman–Crippen MR) is 106 cm³/mol. The minimum Gasteiger partial charge on any atom is -0.348 e. The van der Waals surface area contributed by atoms with Gasteiger partial charge in [0, 0.05) is 12.6 Å². The molecule has 1 aliphatic heterocycles. The van der Waals surface area contributed by atoms with Crippen LogP contribution < -0.4 is 5.32 Å². The van der Waals surface area contributed by atoms with Gasteiger partial charge in [0.15, 0.2) is 5.69 Å². The maximum atomic E-state index is 13.3. The quantitative estimate of drug-likeness (QED) is 0.805. The lowest BCUT2D eigenvalue weighted by Gasteiger charge is -2.20. The normalized spacial score (nSPS) is 19.4. The van der Waals surface area contributed by atoms with Crippen LogP contribution in [-0.4, -0.2) is 40.8 Å². The number of carbonyl (C=O) groups is 1. The van der Waals surface area contributed by atoms with Gasteiger partial charge in [0.2, 0.25) is 10.0 Å². The smallest absolute Gasteiger partial charge is 0.272 e. The highest BCUT2D eigenvalue weighted by Crippen LogP contribution is 2.36. The molecule has 4 rings (SSSR count). The van der Waals surface area contributed by atoms with Crippen LogP contribution in [0.2, 0.25) is 0 Å². The highest BCUT2D eigenvalue weighted by molar-refractivity contribution is 7.89. The number of fused-ring (bicyclic) bond motifs is 3. The second-order valence-electron chi connectivity index (χ2n) is 7.78. The van der Waals surface area contributed by atoms with Crippen LogP contribution in [0.5, 0.6) is 0 Å². The zero-order valence-electron chi connectivity index (χ0n) is 16.3. The summed E-state index contributed by atoms with van der Waals surface area (Å²) in [6, 6.07) is 6.97. The van der Waals surface area contributed by atoms with Crippen LogP contribution in [0.4, 0.5) is 0 Å². The summed E-state index contributed by atoms with van der Waals surface area (Å²) in [6.07, 6.45) is 5.52. The molecule has 1 fully saturated rings. The molecule has 0 bridgehead atoms. The van der Waals surface area contributed by atoms with Gasteiger partial charge in [-0.2, -0.15) is 4.31 Å². The van der Waals surface area contributed by atoms with Gasteiger partial charge in [-0.25, -0.2) is 13.4 Å². The first kappa shape index (κ1) is 19.1. The fraction of sp³-hybridized carbons (Fsp3) is 0.500. The Hall–Kier alpha value is -2.19. The number of para-hydroxylation sites is 1. The molecule has 1 aromatic heterocycles. The Balaban J connectivity index is 1.77. The highest BCUT2D eigenvalue weighted by atomic mass is 32.2. The molecule has 1 aliphatic carbocycles. The van der Waals surface area contributed by atoms with Crippen molar-refractivity contribution in [3.05, 3.63) is 42.0 Å². The topological polar surface area (TPSA) is 84.3 Å². The van der Waals surface area contributed by atoms with Gasteiger partial charge in [0.05, 0.1) is 17.9 Å². The van der Waals surface area contributed by atoms with Crippen molar-refractivity contribution in [2.75, 3.05) is 6.54 Å². The number of nitrogens with zero attached hydrogens (tertiary/aromatic N) is 3. The summed E-state index contributed by atoms with van der Waals surface area (Å²) in [4.78, 5) is 17.5.